The van der Waals surface area contributed by atoms with Crippen molar-refractivity contribution in [3.8, 4) is 0 Å². The van der Waals surface area contributed by atoms with Gasteiger partial charge in [0.25, 0.3) is 0 Å². The van der Waals surface area contributed by atoms with Crippen molar-refractivity contribution in [2.75, 3.05) is 4.43 Å². The molecule has 3 atom stereocenters. The Labute approximate surface area is 139 Å². The highest BCUT2D eigenvalue weighted by atomic mass is 127. The molecule has 2 N–H and O–H groups in total. The lowest BCUT2D eigenvalue weighted by Crippen LogP contribution is -2.42. The van der Waals surface area contributed by atoms with Crippen LogP contribution in [0.15, 0.2) is 0 Å². The maximum absolute atomic E-state index is 14.1. The minimum atomic E-state index is -5.57. The number of carbonyl (C=O) groups excluding carboxylic acids is 1. The molecule has 0 heterocycles. The number of halogens is 7. The van der Waals surface area contributed by atoms with Gasteiger partial charge in [-0.05, 0) is 6.92 Å². The molecule has 3 nitrogen and oxygen atoms in total. The predicted molar refractivity (Wildman–Crippen MR) is 73.6 cm³/mol. The molecule has 0 bridgehead atoms. The third-order valence-corrected chi connectivity index (χ3v) is 4.93. The molecular weight excluding hydrogens is 445 g/mol. The van der Waals surface area contributed by atoms with E-state index < -0.39 is 68.2 Å². The van der Waals surface area contributed by atoms with Gasteiger partial charge in [0.05, 0.1) is 17.6 Å². The Morgan fingerprint density at radius 1 is 1.22 bits per heavy atom. The zero-order chi connectivity index (χ0) is 17.9. The monoisotopic (exact) mass is 454 g/mol. The zero-order valence-electron chi connectivity index (χ0n) is 11.3. The van der Waals surface area contributed by atoms with E-state index >= 15 is 0 Å². The number of hydrogen-bond acceptors (Lipinski definition) is 3. The first kappa shape index (κ1) is 18.5. The van der Waals surface area contributed by atoms with Crippen LogP contribution in [-0.2, 0) is 11.8 Å². The molecule has 0 fully saturated rings. The maximum Gasteiger partial charge on any atom is 0.422 e. The highest BCUT2D eigenvalue weighted by molar-refractivity contribution is 14.1. The minimum absolute atomic E-state index is 0.472. The van der Waals surface area contributed by atoms with Crippen LogP contribution in [0.4, 0.5) is 26.3 Å². The molecule has 0 radical (unpaired) electrons. The lowest BCUT2D eigenvalue weighted by atomic mass is 9.85. The quantitative estimate of drug-likeness (QED) is 0.313. The number of fused-ring (bicyclic) bond motifs is 1. The van der Waals surface area contributed by atoms with Crippen molar-refractivity contribution < 1.29 is 41.4 Å². The summed E-state index contributed by atoms with van der Waals surface area (Å²) < 4.78 is 79.7. The topological polar surface area (TPSA) is 57.5 Å². The fraction of sp³-hybridized carbons (Fsp3) is 0.462. The van der Waals surface area contributed by atoms with E-state index in [9.17, 15) is 41.4 Å². The summed E-state index contributed by atoms with van der Waals surface area (Å²) >= 11 is 1.48. The number of carbonyl (C=O) groups is 1. The number of aliphatic hydroxyl groups excluding tert-OH is 1. The van der Waals surface area contributed by atoms with E-state index in [0.29, 0.717) is 0 Å². The average Bonchev–Trinajstić information content (AvgIpc) is 2.63. The fourth-order valence-electron chi connectivity index (χ4n) is 2.84. The highest BCUT2D eigenvalue weighted by Crippen LogP contribution is 2.49. The summed E-state index contributed by atoms with van der Waals surface area (Å²) in [6, 6.07) is 0. The first-order valence-electron chi connectivity index (χ1n) is 6.18. The molecule has 23 heavy (non-hydrogen) atoms. The van der Waals surface area contributed by atoms with Gasteiger partial charge in [-0.25, -0.2) is 13.2 Å². The third kappa shape index (κ3) is 2.45. The molecule has 0 saturated carbocycles. The van der Waals surface area contributed by atoms with E-state index in [0.717, 1.165) is 6.92 Å². The van der Waals surface area contributed by atoms with Crippen LogP contribution in [0.25, 0.3) is 0 Å². The smallest absolute Gasteiger partial charge is 0.393 e. The second kappa shape index (κ2) is 5.59. The van der Waals surface area contributed by atoms with Gasteiger partial charge in [-0.3, -0.25) is 4.79 Å². The first-order chi connectivity index (χ1) is 10.4. The van der Waals surface area contributed by atoms with E-state index in [4.69, 9.17) is 0 Å². The Hall–Kier alpha value is -0.880. The summed E-state index contributed by atoms with van der Waals surface area (Å²) in [5, 5.41) is 20.0. The summed E-state index contributed by atoms with van der Waals surface area (Å²) in [6.45, 7) is 1.03. The molecule has 1 aromatic rings. The van der Waals surface area contributed by atoms with Crippen molar-refractivity contribution in [1.82, 2.24) is 0 Å². The Kier molecular flexibility index (Phi) is 4.48. The minimum Gasteiger partial charge on any atom is -0.393 e. The number of ketones is 1. The largest absolute Gasteiger partial charge is 0.422 e. The molecule has 0 aromatic heterocycles. The molecule has 1 aliphatic carbocycles. The van der Waals surface area contributed by atoms with Crippen molar-refractivity contribution in [2.24, 2.45) is 5.92 Å². The standard InChI is InChI=1S/C13H9F6IO3/c1-3(21)5-11(22)4-6(12(5,23)2-20)9(15)10(16)7(8(4)14)13(17,18)19/h3,5,21,23H,2H2,1H3. The van der Waals surface area contributed by atoms with E-state index in [2.05, 4.69) is 0 Å². The van der Waals surface area contributed by atoms with E-state index in [-0.39, 0.29) is 0 Å². The van der Waals surface area contributed by atoms with Crippen LogP contribution in [0, 0.1) is 23.4 Å². The number of alkyl halides is 4. The summed E-state index contributed by atoms with van der Waals surface area (Å²) in [5.74, 6) is -10.2. The molecule has 0 amide bonds. The molecule has 1 aromatic carbocycles. The van der Waals surface area contributed by atoms with Gasteiger partial charge < -0.3 is 10.2 Å². The summed E-state index contributed by atoms with van der Waals surface area (Å²) in [6.07, 6.45) is -7.19. The average molecular weight is 454 g/mol. The van der Waals surface area contributed by atoms with Gasteiger partial charge in [0, 0.05) is 9.99 Å². The lowest BCUT2D eigenvalue weighted by Gasteiger charge is -2.30. The van der Waals surface area contributed by atoms with Crippen LogP contribution >= 0.6 is 22.6 Å². The number of Topliss-reactive ketones (excluding diaryl/α,β-unsaturated/α-hetero) is 1. The molecule has 128 valence electrons. The molecule has 2 rings (SSSR count). The Balaban J connectivity index is 2.94. The van der Waals surface area contributed by atoms with Gasteiger partial charge in [-0.1, -0.05) is 22.6 Å². The summed E-state index contributed by atoms with van der Waals surface area (Å²) in [7, 11) is 0. The van der Waals surface area contributed by atoms with Crippen molar-refractivity contribution in [3.05, 3.63) is 34.1 Å². The highest BCUT2D eigenvalue weighted by Gasteiger charge is 2.58. The van der Waals surface area contributed by atoms with Gasteiger partial charge in [0.1, 0.15) is 17.0 Å². The summed E-state index contributed by atoms with van der Waals surface area (Å²) in [4.78, 5) is 12.2. The van der Waals surface area contributed by atoms with Crippen LogP contribution in [0.2, 0.25) is 0 Å². The SMILES string of the molecule is CC(O)C1C(=O)c2c(F)c(C(F)(F)F)c(F)c(F)c2C1(O)CI. The Bertz CT molecular complexity index is 688. The van der Waals surface area contributed by atoms with Gasteiger partial charge in [-0.2, -0.15) is 13.2 Å². The van der Waals surface area contributed by atoms with E-state index in [1.165, 1.54) is 22.6 Å². The fourth-order valence-corrected chi connectivity index (χ4v) is 3.70. The van der Waals surface area contributed by atoms with Gasteiger partial charge in [-0.15, -0.1) is 0 Å². The van der Waals surface area contributed by atoms with E-state index in [1.807, 2.05) is 0 Å². The summed E-state index contributed by atoms with van der Waals surface area (Å²) in [5.41, 5.74) is -7.62. The molecule has 0 saturated heterocycles. The molecular formula is C13H9F6IO3. The second-order valence-electron chi connectivity index (χ2n) is 5.21. The van der Waals surface area contributed by atoms with Gasteiger partial charge >= 0.3 is 6.18 Å². The Morgan fingerprint density at radius 2 is 1.74 bits per heavy atom. The van der Waals surface area contributed by atoms with Gasteiger partial charge in [0.2, 0.25) is 0 Å². The first-order valence-corrected chi connectivity index (χ1v) is 7.70. The van der Waals surface area contributed by atoms with Crippen LogP contribution in [0.5, 0.6) is 0 Å². The van der Waals surface area contributed by atoms with Crippen molar-refractivity contribution >= 4 is 28.4 Å². The lowest BCUT2D eigenvalue weighted by molar-refractivity contribution is -0.143. The normalized spacial score (nSPS) is 25.7. The molecule has 1 aliphatic rings. The second-order valence-corrected chi connectivity index (χ2v) is 5.97. The maximum atomic E-state index is 14.1. The molecule has 0 aliphatic heterocycles. The number of hydrogen-bond donors (Lipinski definition) is 2. The van der Waals surface area contributed by atoms with Crippen LogP contribution < -0.4 is 0 Å². The molecule has 3 unspecified atom stereocenters. The van der Waals surface area contributed by atoms with Crippen molar-refractivity contribution in [3.63, 3.8) is 0 Å². The number of benzene rings is 1. The van der Waals surface area contributed by atoms with Crippen LogP contribution in [0.1, 0.15) is 28.4 Å². The third-order valence-electron chi connectivity index (χ3n) is 3.77. The Morgan fingerprint density at radius 3 is 2.13 bits per heavy atom. The molecule has 0 spiro atoms. The van der Waals surface area contributed by atoms with Crippen molar-refractivity contribution in [1.29, 1.82) is 0 Å². The van der Waals surface area contributed by atoms with Crippen LogP contribution in [-0.4, -0.2) is 26.5 Å². The van der Waals surface area contributed by atoms with Gasteiger partial charge in [0.15, 0.2) is 17.4 Å². The van der Waals surface area contributed by atoms with E-state index in [1.54, 1.807) is 0 Å². The number of aliphatic hydroxyl groups is 2. The van der Waals surface area contributed by atoms with Crippen molar-refractivity contribution in [2.45, 2.75) is 24.8 Å². The zero-order valence-corrected chi connectivity index (χ0v) is 13.5. The predicted octanol–water partition coefficient (Wildman–Crippen LogP) is 2.94. The molecule has 10 heteroatoms. The van der Waals surface area contributed by atoms with Crippen LogP contribution in [0.3, 0.4) is 0 Å². The number of rotatable bonds is 2.